The Hall–Kier alpha value is -4.27. The van der Waals surface area contributed by atoms with Gasteiger partial charge in [0.05, 0.1) is 13.1 Å². The van der Waals surface area contributed by atoms with E-state index in [1.165, 1.54) is 11.6 Å². The Morgan fingerprint density at radius 3 is 2.55 bits per heavy atom. The van der Waals surface area contributed by atoms with Crippen LogP contribution in [0.15, 0.2) is 61.3 Å². The minimum absolute atomic E-state index is 0.0250. The third-order valence-corrected chi connectivity index (χ3v) is 6.67. The third kappa shape index (κ3) is 6.73. The van der Waals surface area contributed by atoms with Crippen LogP contribution in [0.25, 0.3) is 0 Å². The maximum absolute atomic E-state index is 12.5. The number of alkyl halides is 1. The van der Waals surface area contributed by atoms with Gasteiger partial charge in [-0.25, -0.2) is 4.98 Å². The molecular weight excluding hydrogens is 483 g/mol. The van der Waals surface area contributed by atoms with Crippen molar-refractivity contribution in [3.05, 3.63) is 78.0 Å². The maximum Gasteiger partial charge on any atom is 0.247 e. The molecule has 1 aromatic heterocycles. The van der Waals surface area contributed by atoms with Crippen LogP contribution in [0.2, 0.25) is 0 Å². The lowest BCUT2D eigenvalue weighted by Crippen LogP contribution is -2.38. The Morgan fingerprint density at radius 2 is 1.84 bits per heavy atom. The molecule has 0 atom stereocenters. The molecule has 0 aliphatic carbocycles. The average Bonchev–Trinajstić information content (AvgIpc) is 2.92. The molecule has 1 fully saturated rings. The van der Waals surface area contributed by atoms with E-state index in [2.05, 4.69) is 44.6 Å². The second-order valence-electron chi connectivity index (χ2n) is 9.42. The van der Waals surface area contributed by atoms with E-state index in [1.54, 1.807) is 17.2 Å². The summed E-state index contributed by atoms with van der Waals surface area (Å²) >= 11 is 0. The number of carbonyl (C=O) groups excluding carboxylic acids is 2. The Bertz CT molecular complexity index is 1320. The molecule has 0 spiro atoms. The van der Waals surface area contributed by atoms with Gasteiger partial charge in [0.15, 0.2) is 0 Å². The normalized spacial score (nSPS) is 13.6. The predicted octanol–water partition coefficient (Wildman–Crippen LogP) is 5.77. The van der Waals surface area contributed by atoms with E-state index in [-0.39, 0.29) is 18.2 Å². The summed E-state index contributed by atoms with van der Waals surface area (Å²) in [6, 6.07) is 13.7. The molecule has 4 rings (SSSR count). The SMILES string of the molecule is C=CC(=O)Nc1cccc(Nc2nc(Nc3ccc(C4CCN(C(=O)CCF)CC4)cc3C)ncc2C)c1. The van der Waals surface area contributed by atoms with E-state index >= 15 is 0 Å². The molecular formula is C29H33FN6O2. The van der Waals surface area contributed by atoms with Crippen LogP contribution in [-0.2, 0) is 9.59 Å². The lowest BCUT2D eigenvalue weighted by Gasteiger charge is -2.32. The summed E-state index contributed by atoms with van der Waals surface area (Å²) < 4.78 is 12.5. The Kier molecular flexibility index (Phi) is 8.68. The van der Waals surface area contributed by atoms with Gasteiger partial charge in [-0.15, -0.1) is 0 Å². The molecule has 0 radical (unpaired) electrons. The van der Waals surface area contributed by atoms with Gasteiger partial charge in [0.25, 0.3) is 0 Å². The number of aryl methyl sites for hydroxylation is 2. The Balaban J connectivity index is 1.42. The number of amides is 2. The van der Waals surface area contributed by atoms with E-state index < -0.39 is 6.67 Å². The molecule has 0 saturated carbocycles. The quantitative estimate of drug-likeness (QED) is 0.312. The van der Waals surface area contributed by atoms with E-state index in [9.17, 15) is 14.0 Å². The number of benzene rings is 2. The van der Waals surface area contributed by atoms with Crippen molar-refractivity contribution in [1.82, 2.24) is 14.9 Å². The zero-order chi connectivity index (χ0) is 27.1. The van der Waals surface area contributed by atoms with Gasteiger partial charge in [-0.3, -0.25) is 14.0 Å². The smallest absolute Gasteiger partial charge is 0.247 e. The number of likely N-dealkylation sites (tertiary alicyclic amines) is 1. The minimum Gasteiger partial charge on any atom is -0.343 e. The molecule has 1 aliphatic rings. The molecule has 9 heteroatoms. The van der Waals surface area contributed by atoms with Gasteiger partial charge in [0.2, 0.25) is 17.8 Å². The number of rotatable bonds is 9. The second-order valence-corrected chi connectivity index (χ2v) is 9.42. The summed E-state index contributed by atoms with van der Waals surface area (Å²) in [5.74, 6) is 1.11. The van der Waals surface area contributed by atoms with E-state index in [1.807, 2.05) is 38.1 Å². The number of nitrogens with one attached hydrogen (secondary N) is 3. The summed E-state index contributed by atoms with van der Waals surface area (Å²) in [4.78, 5) is 34.5. The Morgan fingerprint density at radius 1 is 1.08 bits per heavy atom. The van der Waals surface area contributed by atoms with E-state index in [0.717, 1.165) is 35.3 Å². The fourth-order valence-electron chi connectivity index (χ4n) is 4.54. The van der Waals surface area contributed by atoms with Gasteiger partial charge in [0.1, 0.15) is 5.82 Å². The summed E-state index contributed by atoms with van der Waals surface area (Å²) in [5.41, 5.74) is 5.52. The van der Waals surface area contributed by atoms with Crippen molar-refractivity contribution in [3.8, 4) is 0 Å². The number of piperidine rings is 1. The highest BCUT2D eigenvalue weighted by molar-refractivity contribution is 5.99. The van der Waals surface area contributed by atoms with Crippen LogP contribution >= 0.6 is 0 Å². The summed E-state index contributed by atoms with van der Waals surface area (Å²) in [7, 11) is 0. The van der Waals surface area contributed by atoms with Crippen LogP contribution in [0.5, 0.6) is 0 Å². The Labute approximate surface area is 222 Å². The molecule has 1 saturated heterocycles. The first kappa shape index (κ1) is 26.8. The number of anilines is 5. The van der Waals surface area contributed by atoms with Gasteiger partial charge < -0.3 is 20.9 Å². The van der Waals surface area contributed by atoms with Gasteiger partial charge >= 0.3 is 0 Å². The second kappa shape index (κ2) is 12.3. The summed E-state index contributed by atoms with van der Waals surface area (Å²) in [6.07, 6.45) is 4.70. The molecule has 3 aromatic rings. The van der Waals surface area contributed by atoms with E-state index in [4.69, 9.17) is 0 Å². The van der Waals surface area contributed by atoms with Crippen LogP contribution in [0.4, 0.5) is 33.2 Å². The number of hydrogen-bond acceptors (Lipinski definition) is 6. The average molecular weight is 517 g/mol. The standard InChI is InChI=1S/C29H33FN6O2/c1-4-26(37)32-23-6-5-7-24(17-23)33-28-20(3)18-31-29(35-28)34-25-9-8-22(16-19(25)2)21-11-14-36(15-12-21)27(38)10-13-30/h4-9,16-18,21H,1,10-15H2,2-3H3,(H,32,37)(H2,31,33,34,35). The number of hydrogen-bond donors (Lipinski definition) is 3. The topological polar surface area (TPSA) is 99.2 Å². The van der Waals surface area contributed by atoms with Crippen LogP contribution < -0.4 is 16.0 Å². The molecule has 2 aromatic carbocycles. The minimum atomic E-state index is -0.600. The summed E-state index contributed by atoms with van der Waals surface area (Å²) in [5, 5.41) is 9.37. The fraction of sp³-hybridized carbons (Fsp3) is 0.310. The fourth-order valence-corrected chi connectivity index (χ4v) is 4.54. The molecule has 0 unspecified atom stereocenters. The van der Waals surface area contributed by atoms with Gasteiger partial charge in [0, 0.05) is 41.9 Å². The van der Waals surface area contributed by atoms with Crippen molar-refractivity contribution in [2.45, 2.75) is 39.0 Å². The maximum atomic E-state index is 12.5. The highest BCUT2D eigenvalue weighted by Crippen LogP contribution is 2.31. The molecule has 2 heterocycles. The van der Waals surface area contributed by atoms with Gasteiger partial charge in [-0.05, 0) is 74.1 Å². The molecule has 2 amide bonds. The lowest BCUT2D eigenvalue weighted by molar-refractivity contribution is -0.132. The first-order chi connectivity index (χ1) is 18.4. The molecule has 0 bridgehead atoms. The van der Waals surface area contributed by atoms with Gasteiger partial charge in [-0.2, -0.15) is 4.98 Å². The largest absolute Gasteiger partial charge is 0.343 e. The van der Waals surface area contributed by atoms with Crippen molar-refractivity contribution in [3.63, 3.8) is 0 Å². The molecule has 3 N–H and O–H groups in total. The van der Waals surface area contributed by atoms with Crippen LogP contribution in [-0.4, -0.2) is 46.4 Å². The number of nitrogens with zero attached hydrogens (tertiary/aromatic N) is 3. The van der Waals surface area contributed by atoms with Crippen LogP contribution in [0.3, 0.4) is 0 Å². The van der Waals surface area contributed by atoms with Crippen molar-refractivity contribution in [2.24, 2.45) is 0 Å². The number of carbonyl (C=O) groups is 2. The molecule has 38 heavy (non-hydrogen) atoms. The lowest BCUT2D eigenvalue weighted by atomic mass is 9.88. The molecule has 8 nitrogen and oxygen atoms in total. The first-order valence-corrected chi connectivity index (χ1v) is 12.7. The van der Waals surface area contributed by atoms with Crippen molar-refractivity contribution in [1.29, 1.82) is 0 Å². The molecule has 1 aliphatic heterocycles. The van der Waals surface area contributed by atoms with Crippen LogP contribution in [0.1, 0.15) is 41.9 Å². The zero-order valence-corrected chi connectivity index (χ0v) is 21.8. The monoisotopic (exact) mass is 516 g/mol. The van der Waals surface area contributed by atoms with E-state index in [0.29, 0.717) is 36.5 Å². The first-order valence-electron chi connectivity index (χ1n) is 12.7. The zero-order valence-electron chi connectivity index (χ0n) is 21.8. The third-order valence-electron chi connectivity index (χ3n) is 6.67. The van der Waals surface area contributed by atoms with Crippen molar-refractivity contribution < 1.29 is 14.0 Å². The summed E-state index contributed by atoms with van der Waals surface area (Å²) in [6.45, 7) is 8.17. The van der Waals surface area contributed by atoms with Crippen molar-refractivity contribution >= 4 is 40.6 Å². The highest BCUT2D eigenvalue weighted by Gasteiger charge is 2.24. The number of aromatic nitrogens is 2. The highest BCUT2D eigenvalue weighted by atomic mass is 19.1. The van der Waals surface area contributed by atoms with Crippen molar-refractivity contribution in [2.75, 3.05) is 35.7 Å². The van der Waals surface area contributed by atoms with Crippen LogP contribution in [0, 0.1) is 13.8 Å². The number of halogens is 1. The molecule has 198 valence electrons. The van der Waals surface area contributed by atoms with Gasteiger partial charge in [-0.1, -0.05) is 24.8 Å². The predicted molar refractivity (Wildman–Crippen MR) is 149 cm³/mol.